The van der Waals surface area contributed by atoms with Crippen molar-refractivity contribution in [2.45, 2.75) is 31.8 Å². The van der Waals surface area contributed by atoms with Crippen molar-refractivity contribution >= 4 is 5.97 Å². The van der Waals surface area contributed by atoms with Crippen molar-refractivity contribution in [1.29, 1.82) is 0 Å². The van der Waals surface area contributed by atoms with E-state index in [1.54, 1.807) is 43.5 Å². The summed E-state index contributed by atoms with van der Waals surface area (Å²) in [4.78, 5) is 16.3. The number of benzene rings is 1. The number of nitrogens with zero attached hydrogens (tertiary/aromatic N) is 1. The zero-order valence-corrected chi connectivity index (χ0v) is 12.9. The molecule has 3 nitrogen and oxygen atoms in total. The Morgan fingerprint density at radius 2 is 2.04 bits per heavy atom. The Bertz CT molecular complexity index is 694. The molecule has 0 saturated heterocycles. The highest BCUT2D eigenvalue weighted by molar-refractivity contribution is 5.70. The van der Waals surface area contributed by atoms with Crippen LogP contribution in [0, 0.1) is 18.2 Å². The molecule has 0 bridgehead atoms. The van der Waals surface area contributed by atoms with Gasteiger partial charge in [0, 0.05) is 6.20 Å². The lowest BCUT2D eigenvalue weighted by Gasteiger charge is -2.17. The molecule has 0 spiro atoms. The lowest BCUT2D eigenvalue weighted by atomic mass is 9.97. The van der Waals surface area contributed by atoms with Crippen LogP contribution in [-0.4, -0.2) is 11.0 Å². The highest BCUT2D eigenvalue weighted by Crippen LogP contribution is 2.25. The first-order chi connectivity index (χ1) is 11.1. The molecule has 0 radical (unpaired) electrons. The van der Waals surface area contributed by atoms with Crippen LogP contribution in [-0.2, 0) is 9.53 Å². The van der Waals surface area contributed by atoms with E-state index in [2.05, 4.69) is 10.9 Å². The highest BCUT2D eigenvalue weighted by Gasteiger charge is 2.20. The van der Waals surface area contributed by atoms with Gasteiger partial charge in [-0.2, -0.15) is 0 Å². The summed E-state index contributed by atoms with van der Waals surface area (Å²) in [5, 5.41) is 0. The molecule has 2 atom stereocenters. The molecule has 0 fully saturated rings. The number of halogens is 1. The number of aromatic nitrogens is 1. The predicted octanol–water partition coefficient (Wildman–Crippen LogP) is 4.02. The van der Waals surface area contributed by atoms with Gasteiger partial charge in [-0.1, -0.05) is 31.2 Å². The molecule has 0 saturated carbocycles. The first kappa shape index (κ1) is 16.7. The van der Waals surface area contributed by atoms with Gasteiger partial charge in [-0.15, -0.1) is 12.3 Å². The Balaban J connectivity index is 2.02. The predicted molar refractivity (Wildman–Crippen MR) is 86.0 cm³/mol. The molecule has 1 aromatic heterocycles. The minimum absolute atomic E-state index is 0.0782. The van der Waals surface area contributed by atoms with E-state index in [1.807, 2.05) is 6.07 Å². The van der Waals surface area contributed by atoms with E-state index in [9.17, 15) is 9.18 Å². The van der Waals surface area contributed by atoms with Crippen LogP contribution in [0.3, 0.4) is 0 Å². The summed E-state index contributed by atoms with van der Waals surface area (Å²) in [5.41, 5.74) is 1.10. The maximum absolute atomic E-state index is 13.8. The Hall–Kier alpha value is -2.67. The monoisotopic (exact) mass is 311 g/mol. The molecule has 2 rings (SSSR count). The number of carbonyl (C=O) groups excluding carboxylic acids is 1. The number of pyridine rings is 1. The van der Waals surface area contributed by atoms with Crippen molar-refractivity contribution in [3.8, 4) is 12.3 Å². The van der Waals surface area contributed by atoms with E-state index < -0.39 is 12.1 Å². The molecule has 118 valence electrons. The molecule has 2 aromatic rings. The molecule has 4 heteroatoms. The summed E-state index contributed by atoms with van der Waals surface area (Å²) in [6, 6.07) is 11.8. The minimum Gasteiger partial charge on any atom is -0.455 e. The Kier molecular flexibility index (Phi) is 5.87. The molecule has 23 heavy (non-hydrogen) atoms. The zero-order valence-electron chi connectivity index (χ0n) is 12.9. The van der Waals surface area contributed by atoms with Crippen molar-refractivity contribution in [3.63, 3.8) is 0 Å². The van der Waals surface area contributed by atoms with E-state index in [4.69, 9.17) is 11.2 Å². The number of terminal acetylenes is 1. The second kappa shape index (κ2) is 8.09. The minimum atomic E-state index is -0.582. The van der Waals surface area contributed by atoms with Crippen LogP contribution >= 0.6 is 0 Å². The van der Waals surface area contributed by atoms with Crippen molar-refractivity contribution in [2.75, 3.05) is 0 Å². The van der Waals surface area contributed by atoms with Crippen LogP contribution in [0.25, 0.3) is 0 Å². The van der Waals surface area contributed by atoms with E-state index in [1.165, 1.54) is 6.07 Å². The van der Waals surface area contributed by atoms with Crippen LogP contribution in [0.4, 0.5) is 4.39 Å². The van der Waals surface area contributed by atoms with Gasteiger partial charge in [0.25, 0.3) is 0 Å². The third-order valence-corrected chi connectivity index (χ3v) is 3.50. The van der Waals surface area contributed by atoms with Gasteiger partial charge in [-0.3, -0.25) is 9.78 Å². The van der Waals surface area contributed by atoms with Gasteiger partial charge in [0.1, 0.15) is 5.82 Å². The van der Waals surface area contributed by atoms with Crippen LogP contribution in [0.2, 0.25) is 0 Å². The Labute approximate surface area is 135 Å². The SMILES string of the molecule is C#CC[C@H](OC(=O)C[C@H](C)c1ccccc1F)c1ccccn1. The van der Waals surface area contributed by atoms with E-state index in [0.717, 1.165) is 0 Å². The van der Waals surface area contributed by atoms with Crippen LogP contribution < -0.4 is 0 Å². The number of esters is 1. The molecule has 1 heterocycles. The van der Waals surface area contributed by atoms with Crippen molar-refractivity contribution in [3.05, 3.63) is 65.7 Å². The first-order valence-corrected chi connectivity index (χ1v) is 7.40. The average Bonchev–Trinajstić information content (AvgIpc) is 2.55. The molecular weight excluding hydrogens is 293 g/mol. The van der Waals surface area contributed by atoms with Crippen LogP contribution in [0.5, 0.6) is 0 Å². The largest absolute Gasteiger partial charge is 0.455 e. The van der Waals surface area contributed by atoms with Gasteiger partial charge in [0.2, 0.25) is 0 Å². The topological polar surface area (TPSA) is 39.2 Å². The molecule has 0 amide bonds. The standard InChI is InChI=1S/C19H18FNO2/c1-3-8-18(17-11-6-7-12-21-17)23-19(22)13-14(2)15-9-4-5-10-16(15)20/h1,4-7,9-12,14,18H,8,13H2,2H3/t14-,18-/m0/s1. The number of hydrogen-bond donors (Lipinski definition) is 0. The molecule has 0 N–H and O–H groups in total. The number of hydrogen-bond acceptors (Lipinski definition) is 3. The number of carbonyl (C=O) groups is 1. The second-order valence-corrected chi connectivity index (χ2v) is 5.27. The molecule has 1 aromatic carbocycles. The third kappa shape index (κ3) is 4.65. The third-order valence-electron chi connectivity index (χ3n) is 3.50. The van der Waals surface area contributed by atoms with Gasteiger partial charge in [-0.25, -0.2) is 4.39 Å². The van der Waals surface area contributed by atoms with E-state index >= 15 is 0 Å². The fraction of sp³-hybridized carbons (Fsp3) is 0.263. The maximum atomic E-state index is 13.8. The van der Waals surface area contributed by atoms with Crippen LogP contribution in [0.1, 0.15) is 43.0 Å². The highest BCUT2D eigenvalue weighted by atomic mass is 19.1. The average molecular weight is 311 g/mol. The maximum Gasteiger partial charge on any atom is 0.307 e. The molecule has 0 aliphatic rings. The summed E-state index contributed by atoms with van der Waals surface area (Å²) in [5.74, 6) is 1.46. The quantitative estimate of drug-likeness (QED) is 0.597. The molecule has 0 unspecified atom stereocenters. The lowest BCUT2D eigenvalue weighted by molar-refractivity contribution is -0.149. The smallest absolute Gasteiger partial charge is 0.307 e. The first-order valence-electron chi connectivity index (χ1n) is 7.40. The van der Waals surface area contributed by atoms with E-state index in [0.29, 0.717) is 11.3 Å². The summed E-state index contributed by atoms with van der Waals surface area (Å²) < 4.78 is 19.2. The van der Waals surface area contributed by atoms with E-state index in [-0.39, 0.29) is 24.6 Å². The van der Waals surface area contributed by atoms with Gasteiger partial charge >= 0.3 is 5.97 Å². The van der Waals surface area contributed by atoms with Gasteiger partial charge in [-0.05, 0) is 29.7 Å². The van der Waals surface area contributed by atoms with Gasteiger partial charge in [0.15, 0.2) is 6.10 Å². The van der Waals surface area contributed by atoms with Gasteiger partial charge in [0.05, 0.1) is 18.5 Å². The fourth-order valence-corrected chi connectivity index (χ4v) is 2.32. The zero-order chi connectivity index (χ0) is 16.7. The molecular formula is C19H18FNO2. The Morgan fingerprint density at radius 1 is 1.30 bits per heavy atom. The lowest BCUT2D eigenvalue weighted by Crippen LogP contribution is -2.14. The van der Waals surface area contributed by atoms with Crippen molar-refractivity contribution < 1.29 is 13.9 Å². The second-order valence-electron chi connectivity index (χ2n) is 5.27. The summed E-state index contributed by atoms with van der Waals surface area (Å²) in [6.07, 6.45) is 6.70. The normalized spacial score (nSPS) is 12.9. The Morgan fingerprint density at radius 3 is 2.70 bits per heavy atom. The van der Waals surface area contributed by atoms with Gasteiger partial charge < -0.3 is 4.74 Å². The molecule has 0 aliphatic heterocycles. The fourth-order valence-electron chi connectivity index (χ4n) is 2.32. The number of rotatable bonds is 6. The van der Waals surface area contributed by atoms with Crippen molar-refractivity contribution in [2.24, 2.45) is 0 Å². The summed E-state index contributed by atoms with van der Waals surface area (Å²) in [6.45, 7) is 1.79. The number of ether oxygens (including phenoxy) is 1. The van der Waals surface area contributed by atoms with Crippen LogP contribution in [0.15, 0.2) is 48.7 Å². The summed E-state index contributed by atoms with van der Waals surface area (Å²) in [7, 11) is 0. The van der Waals surface area contributed by atoms with Crippen molar-refractivity contribution in [1.82, 2.24) is 4.98 Å². The molecule has 0 aliphatic carbocycles. The summed E-state index contributed by atoms with van der Waals surface area (Å²) >= 11 is 0.